The Balaban J connectivity index is 1.52. The molecule has 0 radical (unpaired) electrons. The van der Waals surface area contributed by atoms with Gasteiger partial charge in [0.2, 0.25) is 6.79 Å². The first kappa shape index (κ1) is 20.4. The molecule has 2 aromatic carbocycles. The zero-order chi connectivity index (χ0) is 22.1. The van der Waals surface area contributed by atoms with Crippen LogP contribution in [0.3, 0.4) is 0 Å². The topological polar surface area (TPSA) is 77.1 Å². The minimum atomic E-state index is -0.275. The van der Waals surface area contributed by atoms with Gasteiger partial charge in [0.05, 0.1) is 12.2 Å². The third-order valence-corrected chi connectivity index (χ3v) is 6.15. The predicted octanol–water partition coefficient (Wildman–Crippen LogP) is 4.34. The molecule has 0 bridgehead atoms. The second kappa shape index (κ2) is 8.57. The van der Waals surface area contributed by atoms with Crippen LogP contribution >= 0.6 is 0 Å². The molecule has 2 aliphatic heterocycles. The molecule has 1 aliphatic carbocycles. The third kappa shape index (κ3) is 3.68. The van der Waals surface area contributed by atoms with Gasteiger partial charge in [-0.05, 0) is 49.6 Å². The fraction of sp³-hybridized carbons (Fsp3) is 0.360. The quantitative estimate of drug-likeness (QED) is 0.682. The smallest absolute Gasteiger partial charge is 0.278 e. The van der Waals surface area contributed by atoms with E-state index in [0.29, 0.717) is 40.6 Å². The molecule has 2 aromatic rings. The number of carbonyl (C=O) groups excluding carboxylic acids is 2. The van der Waals surface area contributed by atoms with Crippen LogP contribution in [0.2, 0.25) is 0 Å². The average molecular weight is 434 g/mol. The first-order valence-corrected chi connectivity index (χ1v) is 11.2. The highest BCUT2D eigenvalue weighted by Gasteiger charge is 2.43. The molecule has 3 aliphatic rings. The number of nitrogens with zero attached hydrogens (tertiary/aromatic N) is 1. The first-order valence-electron chi connectivity index (χ1n) is 11.2. The number of amides is 2. The molecule has 166 valence electrons. The number of carbonyl (C=O) groups is 2. The van der Waals surface area contributed by atoms with E-state index in [1.54, 1.807) is 12.1 Å². The molecule has 0 atom stereocenters. The van der Waals surface area contributed by atoms with Crippen LogP contribution in [0.1, 0.15) is 44.6 Å². The Kier molecular flexibility index (Phi) is 5.47. The average Bonchev–Trinajstić information content (AvgIpc) is 3.37. The van der Waals surface area contributed by atoms with Crippen LogP contribution in [-0.2, 0) is 9.59 Å². The molecule has 0 unspecified atom stereocenters. The van der Waals surface area contributed by atoms with E-state index >= 15 is 0 Å². The first-order chi connectivity index (χ1) is 15.7. The molecule has 0 aromatic heterocycles. The molecule has 32 heavy (non-hydrogen) atoms. The summed E-state index contributed by atoms with van der Waals surface area (Å²) < 4.78 is 16.4. The Morgan fingerprint density at radius 3 is 2.47 bits per heavy atom. The van der Waals surface area contributed by atoms with Gasteiger partial charge in [0.25, 0.3) is 11.8 Å². The zero-order valence-corrected chi connectivity index (χ0v) is 18.1. The summed E-state index contributed by atoms with van der Waals surface area (Å²) in [4.78, 5) is 28.5. The van der Waals surface area contributed by atoms with E-state index in [1.165, 1.54) is 4.90 Å². The van der Waals surface area contributed by atoms with Crippen molar-refractivity contribution in [2.45, 2.75) is 45.1 Å². The van der Waals surface area contributed by atoms with E-state index in [-0.39, 0.29) is 24.6 Å². The lowest BCUT2D eigenvalue weighted by molar-refractivity contribution is -0.140. The molecular formula is C25H26N2O5. The van der Waals surface area contributed by atoms with Crippen molar-refractivity contribution in [1.29, 1.82) is 0 Å². The van der Waals surface area contributed by atoms with E-state index in [9.17, 15) is 9.59 Å². The molecule has 5 rings (SSSR count). The van der Waals surface area contributed by atoms with Crippen LogP contribution < -0.4 is 19.5 Å². The number of ether oxygens (including phenoxy) is 3. The summed E-state index contributed by atoms with van der Waals surface area (Å²) in [6, 6.07) is 12.6. The van der Waals surface area contributed by atoms with Crippen LogP contribution in [0.5, 0.6) is 17.2 Å². The molecular weight excluding hydrogens is 408 g/mol. The Hall–Kier alpha value is -3.48. The minimum Gasteiger partial charge on any atom is -0.494 e. The molecule has 7 heteroatoms. The van der Waals surface area contributed by atoms with Gasteiger partial charge in [0, 0.05) is 17.8 Å². The van der Waals surface area contributed by atoms with Crippen molar-refractivity contribution in [1.82, 2.24) is 4.90 Å². The Bertz CT molecular complexity index is 1070. The highest BCUT2D eigenvalue weighted by Crippen LogP contribution is 2.38. The highest BCUT2D eigenvalue weighted by atomic mass is 16.7. The number of hydrogen-bond donors (Lipinski definition) is 1. The van der Waals surface area contributed by atoms with Gasteiger partial charge in [0.1, 0.15) is 11.4 Å². The van der Waals surface area contributed by atoms with Crippen molar-refractivity contribution >= 4 is 23.1 Å². The SMILES string of the molecule is CCOc1ccc(C2=C(Nc3ccc4c(c3)OCO4)C(=O)N(C3CCCCC3)C2=O)cc1. The number of benzene rings is 2. The molecule has 7 nitrogen and oxygen atoms in total. The maximum Gasteiger partial charge on any atom is 0.278 e. The predicted molar refractivity (Wildman–Crippen MR) is 119 cm³/mol. The van der Waals surface area contributed by atoms with Gasteiger partial charge >= 0.3 is 0 Å². The normalized spacial score (nSPS) is 18.5. The minimum absolute atomic E-state index is 0.0579. The summed E-state index contributed by atoms with van der Waals surface area (Å²) >= 11 is 0. The van der Waals surface area contributed by atoms with Crippen LogP contribution in [0, 0.1) is 0 Å². The third-order valence-electron chi connectivity index (χ3n) is 6.15. The fourth-order valence-electron chi connectivity index (χ4n) is 4.60. The van der Waals surface area contributed by atoms with Gasteiger partial charge in [-0.3, -0.25) is 14.5 Å². The summed E-state index contributed by atoms with van der Waals surface area (Å²) in [7, 11) is 0. The number of fused-ring (bicyclic) bond motifs is 1. The van der Waals surface area contributed by atoms with Crippen molar-refractivity contribution in [3.63, 3.8) is 0 Å². The van der Waals surface area contributed by atoms with Crippen molar-refractivity contribution in [3.8, 4) is 17.2 Å². The summed E-state index contributed by atoms with van der Waals surface area (Å²) in [6.45, 7) is 2.66. The highest BCUT2D eigenvalue weighted by molar-refractivity contribution is 6.36. The Labute approximate surface area is 186 Å². The summed E-state index contributed by atoms with van der Waals surface area (Å²) in [6.07, 6.45) is 4.92. The van der Waals surface area contributed by atoms with Gasteiger partial charge in [-0.25, -0.2) is 0 Å². The lowest BCUT2D eigenvalue weighted by Crippen LogP contribution is -2.42. The Morgan fingerprint density at radius 1 is 0.969 bits per heavy atom. The van der Waals surface area contributed by atoms with E-state index in [0.717, 1.165) is 37.9 Å². The van der Waals surface area contributed by atoms with Crippen LogP contribution in [-0.4, -0.2) is 36.2 Å². The van der Waals surface area contributed by atoms with Gasteiger partial charge in [-0.2, -0.15) is 0 Å². The molecule has 1 fully saturated rings. The second-order valence-corrected chi connectivity index (χ2v) is 8.17. The summed E-state index contributed by atoms with van der Waals surface area (Å²) in [5.41, 5.74) is 2.04. The van der Waals surface area contributed by atoms with Crippen molar-refractivity contribution in [2.75, 3.05) is 18.7 Å². The summed E-state index contributed by atoms with van der Waals surface area (Å²) in [5, 5.41) is 3.21. The van der Waals surface area contributed by atoms with E-state index < -0.39 is 0 Å². The van der Waals surface area contributed by atoms with E-state index in [4.69, 9.17) is 14.2 Å². The Morgan fingerprint density at radius 2 is 1.72 bits per heavy atom. The van der Waals surface area contributed by atoms with Crippen LogP contribution in [0.4, 0.5) is 5.69 Å². The van der Waals surface area contributed by atoms with Gasteiger partial charge in [0.15, 0.2) is 11.5 Å². The lowest BCUT2D eigenvalue weighted by Gasteiger charge is -2.29. The van der Waals surface area contributed by atoms with Gasteiger partial charge in [-0.1, -0.05) is 31.4 Å². The van der Waals surface area contributed by atoms with E-state index in [1.807, 2.05) is 37.3 Å². The standard InChI is InChI=1S/C25H26N2O5/c1-2-30-19-11-8-16(9-12-19)22-23(26-17-10-13-20-21(14-17)32-15-31-20)25(29)27(24(22)28)18-6-4-3-5-7-18/h8-14,18,26H,2-7,15H2,1H3. The molecule has 2 amide bonds. The number of rotatable bonds is 6. The lowest BCUT2D eigenvalue weighted by atomic mass is 9.94. The maximum absolute atomic E-state index is 13.5. The molecule has 0 saturated heterocycles. The van der Waals surface area contributed by atoms with Crippen molar-refractivity contribution in [3.05, 3.63) is 53.7 Å². The number of hydrogen-bond acceptors (Lipinski definition) is 6. The number of anilines is 1. The number of nitrogens with one attached hydrogen (secondary N) is 1. The summed E-state index contributed by atoms with van der Waals surface area (Å²) in [5.74, 6) is 1.48. The second-order valence-electron chi connectivity index (χ2n) is 8.17. The molecule has 2 heterocycles. The van der Waals surface area contributed by atoms with E-state index in [2.05, 4.69) is 5.32 Å². The van der Waals surface area contributed by atoms with Crippen LogP contribution in [0.15, 0.2) is 48.2 Å². The van der Waals surface area contributed by atoms with Gasteiger partial charge < -0.3 is 19.5 Å². The maximum atomic E-state index is 13.5. The molecule has 1 N–H and O–H groups in total. The molecule has 0 spiro atoms. The van der Waals surface area contributed by atoms with Gasteiger partial charge in [-0.15, -0.1) is 0 Å². The van der Waals surface area contributed by atoms with Crippen molar-refractivity contribution < 1.29 is 23.8 Å². The zero-order valence-electron chi connectivity index (χ0n) is 18.1. The number of imide groups is 1. The molecule has 1 saturated carbocycles. The largest absolute Gasteiger partial charge is 0.494 e. The monoisotopic (exact) mass is 434 g/mol. The van der Waals surface area contributed by atoms with Crippen LogP contribution in [0.25, 0.3) is 5.57 Å². The fourth-order valence-corrected chi connectivity index (χ4v) is 4.60. The van der Waals surface area contributed by atoms with Crippen molar-refractivity contribution in [2.24, 2.45) is 0 Å².